The Kier molecular flexibility index (Phi) is 5.41. The standard InChI is InChI=1S/C12H22N2O3/c1-9-6-10(2)8-14(7-9)12(17)11(16)13-4-3-5-15/h9-10,15H,3-8H2,1-2H3,(H,13,16). The predicted molar refractivity (Wildman–Crippen MR) is 64.2 cm³/mol. The van der Waals surface area contributed by atoms with Crippen molar-refractivity contribution in [2.45, 2.75) is 26.7 Å². The van der Waals surface area contributed by atoms with Crippen LogP contribution in [-0.4, -0.2) is 48.1 Å². The summed E-state index contributed by atoms with van der Waals surface area (Å²) in [5, 5.41) is 11.1. The zero-order valence-corrected chi connectivity index (χ0v) is 10.6. The zero-order valence-electron chi connectivity index (χ0n) is 10.6. The second-order valence-electron chi connectivity index (χ2n) is 4.99. The minimum absolute atomic E-state index is 0.0201. The molecule has 0 aliphatic carbocycles. The Morgan fingerprint density at radius 2 is 1.88 bits per heavy atom. The van der Waals surface area contributed by atoms with Crippen molar-refractivity contribution >= 4 is 11.8 Å². The molecule has 0 saturated carbocycles. The number of nitrogens with one attached hydrogen (secondary N) is 1. The lowest BCUT2D eigenvalue weighted by molar-refractivity contribution is -0.147. The molecule has 1 aliphatic rings. The van der Waals surface area contributed by atoms with Crippen LogP contribution in [0, 0.1) is 11.8 Å². The molecule has 0 aromatic carbocycles. The third kappa shape index (κ3) is 4.34. The lowest BCUT2D eigenvalue weighted by Crippen LogP contribution is -2.49. The Labute approximate surface area is 102 Å². The maximum absolute atomic E-state index is 11.8. The van der Waals surface area contributed by atoms with Crippen LogP contribution in [0.1, 0.15) is 26.7 Å². The molecule has 98 valence electrons. The fourth-order valence-corrected chi connectivity index (χ4v) is 2.33. The molecule has 0 bridgehead atoms. The van der Waals surface area contributed by atoms with Crippen LogP contribution in [0.5, 0.6) is 0 Å². The van der Waals surface area contributed by atoms with E-state index in [1.54, 1.807) is 4.90 Å². The monoisotopic (exact) mass is 242 g/mol. The molecule has 1 fully saturated rings. The molecule has 1 saturated heterocycles. The highest BCUT2D eigenvalue weighted by Crippen LogP contribution is 2.20. The summed E-state index contributed by atoms with van der Waals surface area (Å²) >= 11 is 0. The third-order valence-corrected chi connectivity index (χ3v) is 2.97. The third-order valence-electron chi connectivity index (χ3n) is 2.97. The average Bonchev–Trinajstić information content (AvgIpc) is 2.27. The molecule has 1 aliphatic heterocycles. The summed E-state index contributed by atoms with van der Waals surface area (Å²) in [5.41, 5.74) is 0. The van der Waals surface area contributed by atoms with Gasteiger partial charge in [-0.3, -0.25) is 9.59 Å². The lowest BCUT2D eigenvalue weighted by Gasteiger charge is -2.34. The molecule has 5 heteroatoms. The summed E-state index contributed by atoms with van der Waals surface area (Å²) in [7, 11) is 0. The first-order valence-corrected chi connectivity index (χ1v) is 6.22. The van der Waals surface area contributed by atoms with E-state index < -0.39 is 11.8 Å². The fraction of sp³-hybridized carbons (Fsp3) is 0.833. The maximum atomic E-state index is 11.8. The number of nitrogens with zero attached hydrogens (tertiary/aromatic N) is 1. The van der Waals surface area contributed by atoms with Crippen molar-refractivity contribution in [3.05, 3.63) is 0 Å². The van der Waals surface area contributed by atoms with Crippen molar-refractivity contribution in [2.24, 2.45) is 11.8 Å². The number of aliphatic hydroxyl groups excluding tert-OH is 1. The van der Waals surface area contributed by atoms with E-state index in [2.05, 4.69) is 19.2 Å². The van der Waals surface area contributed by atoms with Gasteiger partial charge in [0.1, 0.15) is 0 Å². The summed E-state index contributed by atoms with van der Waals surface area (Å²) in [4.78, 5) is 25.0. The molecule has 17 heavy (non-hydrogen) atoms. The second-order valence-corrected chi connectivity index (χ2v) is 4.99. The van der Waals surface area contributed by atoms with Crippen molar-refractivity contribution < 1.29 is 14.7 Å². The number of aliphatic hydroxyl groups is 1. The van der Waals surface area contributed by atoms with Gasteiger partial charge in [-0.2, -0.15) is 0 Å². The van der Waals surface area contributed by atoms with E-state index in [0.717, 1.165) is 6.42 Å². The molecule has 0 radical (unpaired) electrons. The molecule has 2 atom stereocenters. The summed E-state index contributed by atoms with van der Waals surface area (Å²) < 4.78 is 0. The molecule has 1 heterocycles. The van der Waals surface area contributed by atoms with Crippen molar-refractivity contribution in [3.63, 3.8) is 0 Å². The van der Waals surface area contributed by atoms with Crippen LogP contribution in [-0.2, 0) is 9.59 Å². The van der Waals surface area contributed by atoms with Crippen LogP contribution in [0.2, 0.25) is 0 Å². The molecule has 0 aromatic rings. The first-order valence-electron chi connectivity index (χ1n) is 6.22. The largest absolute Gasteiger partial charge is 0.396 e. The molecule has 1 rings (SSSR count). The van der Waals surface area contributed by atoms with E-state index in [4.69, 9.17) is 5.11 Å². The van der Waals surface area contributed by atoms with E-state index in [-0.39, 0.29) is 6.61 Å². The summed E-state index contributed by atoms with van der Waals surface area (Å²) in [5.74, 6) is -0.0954. The van der Waals surface area contributed by atoms with Gasteiger partial charge in [0.25, 0.3) is 0 Å². The number of amides is 2. The lowest BCUT2D eigenvalue weighted by atomic mass is 9.92. The molecule has 2 N–H and O–H groups in total. The van der Waals surface area contributed by atoms with Crippen LogP contribution < -0.4 is 5.32 Å². The molecule has 0 spiro atoms. The highest BCUT2D eigenvalue weighted by atomic mass is 16.3. The van der Waals surface area contributed by atoms with Crippen molar-refractivity contribution in [2.75, 3.05) is 26.2 Å². The van der Waals surface area contributed by atoms with E-state index in [1.165, 1.54) is 0 Å². The minimum Gasteiger partial charge on any atom is -0.396 e. The number of piperidine rings is 1. The van der Waals surface area contributed by atoms with Gasteiger partial charge in [-0.25, -0.2) is 0 Å². The Balaban J connectivity index is 2.42. The summed E-state index contributed by atoms with van der Waals surface area (Å²) in [6, 6.07) is 0. The van der Waals surface area contributed by atoms with Gasteiger partial charge in [0.15, 0.2) is 0 Å². The summed E-state index contributed by atoms with van der Waals surface area (Å²) in [6.45, 7) is 5.89. The summed E-state index contributed by atoms with van der Waals surface area (Å²) in [6.07, 6.45) is 1.59. The number of hydrogen-bond donors (Lipinski definition) is 2. The first-order chi connectivity index (χ1) is 8.04. The minimum atomic E-state index is -0.556. The van der Waals surface area contributed by atoms with Crippen molar-refractivity contribution in [3.8, 4) is 0 Å². The van der Waals surface area contributed by atoms with Gasteiger partial charge < -0.3 is 15.3 Å². The fourth-order valence-electron chi connectivity index (χ4n) is 2.33. The number of hydrogen-bond acceptors (Lipinski definition) is 3. The van der Waals surface area contributed by atoms with Gasteiger partial charge >= 0.3 is 11.8 Å². The van der Waals surface area contributed by atoms with Crippen LogP contribution in [0.4, 0.5) is 0 Å². The highest BCUT2D eigenvalue weighted by Gasteiger charge is 2.28. The molecular weight excluding hydrogens is 220 g/mol. The molecular formula is C12H22N2O3. The van der Waals surface area contributed by atoms with E-state index in [0.29, 0.717) is 37.9 Å². The van der Waals surface area contributed by atoms with Crippen LogP contribution >= 0.6 is 0 Å². The average molecular weight is 242 g/mol. The topological polar surface area (TPSA) is 69.6 Å². The second kappa shape index (κ2) is 6.59. The van der Waals surface area contributed by atoms with E-state index in [9.17, 15) is 9.59 Å². The molecule has 5 nitrogen and oxygen atoms in total. The van der Waals surface area contributed by atoms with E-state index >= 15 is 0 Å². The van der Waals surface area contributed by atoms with Crippen LogP contribution in [0.25, 0.3) is 0 Å². The molecule has 2 unspecified atom stereocenters. The van der Waals surface area contributed by atoms with Crippen molar-refractivity contribution in [1.29, 1.82) is 0 Å². The Morgan fingerprint density at radius 3 is 2.41 bits per heavy atom. The van der Waals surface area contributed by atoms with Gasteiger partial charge in [0, 0.05) is 26.2 Å². The predicted octanol–water partition coefficient (Wildman–Crippen LogP) is -0.0105. The van der Waals surface area contributed by atoms with Gasteiger partial charge in [-0.05, 0) is 24.7 Å². The van der Waals surface area contributed by atoms with Gasteiger partial charge in [-0.1, -0.05) is 13.8 Å². The molecule has 0 aromatic heterocycles. The normalized spacial score (nSPS) is 24.5. The quantitative estimate of drug-likeness (QED) is 0.540. The smallest absolute Gasteiger partial charge is 0.311 e. The number of likely N-dealkylation sites (tertiary alicyclic amines) is 1. The Hall–Kier alpha value is -1.10. The van der Waals surface area contributed by atoms with Gasteiger partial charge in [0.2, 0.25) is 0 Å². The maximum Gasteiger partial charge on any atom is 0.311 e. The van der Waals surface area contributed by atoms with Crippen LogP contribution in [0.15, 0.2) is 0 Å². The van der Waals surface area contributed by atoms with E-state index in [1.807, 2.05) is 0 Å². The first kappa shape index (κ1) is 14.0. The van der Waals surface area contributed by atoms with Crippen molar-refractivity contribution in [1.82, 2.24) is 10.2 Å². The molecule has 2 amide bonds. The van der Waals surface area contributed by atoms with Gasteiger partial charge in [0.05, 0.1) is 0 Å². The van der Waals surface area contributed by atoms with Gasteiger partial charge in [-0.15, -0.1) is 0 Å². The number of carbonyl (C=O) groups is 2. The number of rotatable bonds is 3. The number of carbonyl (C=O) groups excluding carboxylic acids is 2. The highest BCUT2D eigenvalue weighted by molar-refractivity contribution is 6.35. The zero-order chi connectivity index (χ0) is 12.8. The Morgan fingerprint density at radius 1 is 1.29 bits per heavy atom. The SMILES string of the molecule is CC1CC(C)CN(C(=O)C(=O)NCCCO)C1. The van der Waals surface area contributed by atoms with Crippen LogP contribution in [0.3, 0.4) is 0 Å². The Bertz CT molecular complexity index is 271.